The van der Waals surface area contributed by atoms with Crippen LogP contribution in [0.4, 0.5) is 0 Å². The van der Waals surface area contributed by atoms with Crippen LogP contribution in [-0.4, -0.2) is 33.5 Å². The van der Waals surface area contributed by atoms with Gasteiger partial charge in [0.2, 0.25) is 0 Å². The minimum atomic E-state index is 0.100. The summed E-state index contributed by atoms with van der Waals surface area (Å²) >= 11 is 0. The molecule has 1 aromatic carbocycles. The van der Waals surface area contributed by atoms with Crippen molar-refractivity contribution in [2.75, 3.05) is 27.4 Å². The molecule has 0 aliphatic rings. The Kier molecular flexibility index (Phi) is 6.33. The molecule has 0 fully saturated rings. The molecule has 2 unspecified atom stereocenters. The summed E-state index contributed by atoms with van der Waals surface area (Å²) in [6.07, 6.45) is 0.100. The zero-order chi connectivity index (χ0) is 13.5. The van der Waals surface area contributed by atoms with Crippen molar-refractivity contribution in [3.63, 3.8) is 0 Å². The SMILES string of the molecule is COCC(CNC(C)c1ccc(C)cc1C)OC. The van der Waals surface area contributed by atoms with Gasteiger partial charge in [0, 0.05) is 26.8 Å². The predicted molar refractivity (Wildman–Crippen MR) is 75.0 cm³/mol. The third kappa shape index (κ3) is 4.41. The van der Waals surface area contributed by atoms with Crippen molar-refractivity contribution >= 4 is 0 Å². The van der Waals surface area contributed by atoms with Gasteiger partial charge in [0.05, 0.1) is 12.7 Å². The third-order valence-electron chi connectivity index (χ3n) is 3.23. The van der Waals surface area contributed by atoms with Crippen LogP contribution in [0.25, 0.3) is 0 Å². The molecule has 0 saturated heterocycles. The fourth-order valence-electron chi connectivity index (χ4n) is 2.13. The molecular formula is C15H25NO2. The standard InChI is InChI=1S/C15H25NO2/c1-11-6-7-15(12(2)8-11)13(3)16-9-14(18-5)10-17-4/h6-8,13-14,16H,9-10H2,1-5H3. The Labute approximate surface area is 110 Å². The number of benzene rings is 1. The number of ether oxygens (including phenoxy) is 2. The molecule has 1 aromatic rings. The highest BCUT2D eigenvalue weighted by Gasteiger charge is 2.11. The lowest BCUT2D eigenvalue weighted by atomic mass is 10.0. The normalized spacial score (nSPS) is 14.5. The summed E-state index contributed by atoms with van der Waals surface area (Å²) in [6.45, 7) is 7.86. The minimum absolute atomic E-state index is 0.100. The molecule has 3 heteroatoms. The van der Waals surface area contributed by atoms with Crippen molar-refractivity contribution in [3.05, 3.63) is 34.9 Å². The van der Waals surface area contributed by atoms with E-state index >= 15 is 0 Å². The molecule has 0 aromatic heterocycles. The summed E-state index contributed by atoms with van der Waals surface area (Å²) in [7, 11) is 3.41. The fraction of sp³-hybridized carbons (Fsp3) is 0.600. The van der Waals surface area contributed by atoms with Crippen LogP contribution in [0.3, 0.4) is 0 Å². The predicted octanol–water partition coefficient (Wildman–Crippen LogP) is 2.62. The van der Waals surface area contributed by atoms with Crippen molar-refractivity contribution in [3.8, 4) is 0 Å². The number of hydrogen-bond donors (Lipinski definition) is 1. The van der Waals surface area contributed by atoms with Crippen LogP contribution in [-0.2, 0) is 9.47 Å². The first-order valence-corrected chi connectivity index (χ1v) is 6.40. The first-order chi connectivity index (χ1) is 8.58. The van der Waals surface area contributed by atoms with Crippen LogP contribution in [0, 0.1) is 13.8 Å². The first-order valence-electron chi connectivity index (χ1n) is 6.40. The van der Waals surface area contributed by atoms with Gasteiger partial charge >= 0.3 is 0 Å². The second kappa shape index (κ2) is 7.52. The molecule has 1 rings (SSSR count). The Morgan fingerprint density at radius 2 is 1.94 bits per heavy atom. The Balaban J connectivity index is 2.56. The van der Waals surface area contributed by atoms with Gasteiger partial charge in [-0.2, -0.15) is 0 Å². The number of methoxy groups -OCH3 is 2. The van der Waals surface area contributed by atoms with Gasteiger partial charge < -0.3 is 14.8 Å². The molecule has 102 valence electrons. The summed E-state index contributed by atoms with van der Waals surface area (Å²) in [5, 5.41) is 3.49. The van der Waals surface area contributed by atoms with E-state index < -0.39 is 0 Å². The lowest BCUT2D eigenvalue weighted by Crippen LogP contribution is -2.33. The van der Waals surface area contributed by atoms with E-state index in [2.05, 4.69) is 44.3 Å². The topological polar surface area (TPSA) is 30.5 Å². The van der Waals surface area contributed by atoms with Crippen molar-refractivity contribution in [2.45, 2.75) is 32.9 Å². The molecule has 0 bridgehead atoms. The Hall–Kier alpha value is -0.900. The molecular weight excluding hydrogens is 226 g/mol. The number of rotatable bonds is 7. The van der Waals surface area contributed by atoms with E-state index in [1.165, 1.54) is 16.7 Å². The molecule has 1 N–H and O–H groups in total. The molecule has 2 atom stereocenters. The maximum atomic E-state index is 5.34. The van der Waals surface area contributed by atoms with Gasteiger partial charge in [-0.25, -0.2) is 0 Å². The van der Waals surface area contributed by atoms with E-state index in [0.29, 0.717) is 12.6 Å². The summed E-state index contributed by atoms with van der Waals surface area (Å²) in [5.41, 5.74) is 3.97. The van der Waals surface area contributed by atoms with Crippen molar-refractivity contribution in [1.82, 2.24) is 5.32 Å². The highest BCUT2D eigenvalue weighted by atomic mass is 16.5. The highest BCUT2D eigenvalue weighted by molar-refractivity contribution is 5.32. The van der Waals surface area contributed by atoms with E-state index in [1.54, 1.807) is 14.2 Å². The minimum Gasteiger partial charge on any atom is -0.382 e. The highest BCUT2D eigenvalue weighted by Crippen LogP contribution is 2.18. The number of hydrogen-bond acceptors (Lipinski definition) is 3. The van der Waals surface area contributed by atoms with Gasteiger partial charge in [-0.3, -0.25) is 0 Å². The van der Waals surface area contributed by atoms with E-state index in [0.717, 1.165) is 6.54 Å². The van der Waals surface area contributed by atoms with Gasteiger partial charge in [0.15, 0.2) is 0 Å². The monoisotopic (exact) mass is 251 g/mol. The second-order valence-electron chi connectivity index (χ2n) is 4.80. The zero-order valence-electron chi connectivity index (χ0n) is 12.1. The maximum Gasteiger partial charge on any atom is 0.0928 e. The summed E-state index contributed by atoms with van der Waals surface area (Å²) in [5.74, 6) is 0. The zero-order valence-corrected chi connectivity index (χ0v) is 12.1. The van der Waals surface area contributed by atoms with Crippen molar-refractivity contribution in [2.24, 2.45) is 0 Å². The Morgan fingerprint density at radius 3 is 2.50 bits per heavy atom. The lowest BCUT2D eigenvalue weighted by Gasteiger charge is -2.21. The van der Waals surface area contributed by atoms with Crippen LogP contribution >= 0.6 is 0 Å². The quantitative estimate of drug-likeness (QED) is 0.808. The van der Waals surface area contributed by atoms with Gasteiger partial charge in [0.25, 0.3) is 0 Å². The van der Waals surface area contributed by atoms with Crippen molar-refractivity contribution < 1.29 is 9.47 Å². The lowest BCUT2D eigenvalue weighted by molar-refractivity contribution is 0.0276. The largest absolute Gasteiger partial charge is 0.382 e. The summed E-state index contributed by atoms with van der Waals surface area (Å²) < 4.78 is 10.4. The molecule has 3 nitrogen and oxygen atoms in total. The Morgan fingerprint density at radius 1 is 1.22 bits per heavy atom. The van der Waals surface area contributed by atoms with E-state index in [-0.39, 0.29) is 6.10 Å². The van der Waals surface area contributed by atoms with E-state index in [4.69, 9.17) is 9.47 Å². The van der Waals surface area contributed by atoms with Crippen LogP contribution in [0.5, 0.6) is 0 Å². The molecule has 0 aliphatic carbocycles. The maximum absolute atomic E-state index is 5.34. The average Bonchev–Trinajstić information content (AvgIpc) is 2.34. The summed E-state index contributed by atoms with van der Waals surface area (Å²) in [6, 6.07) is 6.89. The van der Waals surface area contributed by atoms with Gasteiger partial charge in [-0.05, 0) is 31.9 Å². The fourth-order valence-corrected chi connectivity index (χ4v) is 2.13. The summed E-state index contributed by atoms with van der Waals surface area (Å²) in [4.78, 5) is 0. The van der Waals surface area contributed by atoms with E-state index in [1.807, 2.05) is 0 Å². The number of nitrogens with one attached hydrogen (secondary N) is 1. The van der Waals surface area contributed by atoms with Crippen LogP contribution in [0.15, 0.2) is 18.2 Å². The van der Waals surface area contributed by atoms with Crippen molar-refractivity contribution in [1.29, 1.82) is 0 Å². The smallest absolute Gasteiger partial charge is 0.0928 e. The average molecular weight is 251 g/mol. The molecule has 0 aliphatic heterocycles. The van der Waals surface area contributed by atoms with Gasteiger partial charge in [-0.15, -0.1) is 0 Å². The number of aryl methyl sites for hydroxylation is 2. The van der Waals surface area contributed by atoms with Crippen LogP contribution in [0.1, 0.15) is 29.7 Å². The molecule has 0 amide bonds. The molecule has 0 spiro atoms. The molecule has 0 heterocycles. The Bertz CT molecular complexity index is 366. The van der Waals surface area contributed by atoms with E-state index in [9.17, 15) is 0 Å². The first kappa shape index (κ1) is 15.2. The second-order valence-corrected chi connectivity index (χ2v) is 4.80. The van der Waals surface area contributed by atoms with Gasteiger partial charge in [-0.1, -0.05) is 23.8 Å². The molecule has 18 heavy (non-hydrogen) atoms. The van der Waals surface area contributed by atoms with Crippen LogP contribution in [0.2, 0.25) is 0 Å². The molecule has 0 radical (unpaired) electrons. The molecule has 0 saturated carbocycles. The third-order valence-corrected chi connectivity index (χ3v) is 3.23. The van der Waals surface area contributed by atoms with Crippen LogP contribution < -0.4 is 5.32 Å². The van der Waals surface area contributed by atoms with Gasteiger partial charge in [0.1, 0.15) is 0 Å².